The molecular weight excluding hydrogens is 229 g/mol. The van der Waals surface area contributed by atoms with Gasteiger partial charge in [-0.15, -0.1) is 0 Å². The number of rotatable bonds is 7. The zero-order valence-corrected chi connectivity index (χ0v) is 11.6. The zero-order chi connectivity index (χ0) is 13.5. The standard InChI is InChI=1S/C14H24FN3/c1-17(2)10-5-11-18(3)14-12(8-9-16)6-4-7-13(14)15/h4,6-7H,5,8-11,16H2,1-3H3. The molecule has 0 aliphatic rings. The molecule has 1 aromatic carbocycles. The van der Waals surface area contributed by atoms with Crippen molar-refractivity contribution in [2.75, 3.05) is 45.7 Å². The molecule has 0 atom stereocenters. The summed E-state index contributed by atoms with van der Waals surface area (Å²) in [5, 5.41) is 0. The number of nitrogens with zero attached hydrogens (tertiary/aromatic N) is 2. The first kappa shape index (κ1) is 14.9. The minimum absolute atomic E-state index is 0.159. The van der Waals surface area contributed by atoms with Gasteiger partial charge in [-0.3, -0.25) is 0 Å². The zero-order valence-electron chi connectivity index (χ0n) is 11.6. The molecule has 0 bridgehead atoms. The van der Waals surface area contributed by atoms with Crippen LogP contribution in [0.15, 0.2) is 18.2 Å². The van der Waals surface area contributed by atoms with Crippen LogP contribution in [0.5, 0.6) is 0 Å². The number of halogens is 1. The molecule has 0 aromatic heterocycles. The summed E-state index contributed by atoms with van der Waals surface area (Å²) in [4.78, 5) is 4.12. The topological polar surface area (TPSA) is 32.5 Å². The molecule has 0 aliphatic heterocycles. The molecule has 0 unspecified atom stereocenters. The number of hydrogen-bond acceptors (Lipinski definition) is 3. The van der Waals surface area contributed by atoms with Crippen LogP contribution < -0.4 is 10.6 Å². The van der Waals surface area contributed by atoms with Crippen LogP contribution in [0.25, 0.3) is 0 Å². The maximum atomic E-state index is 13.9. The Kier molecular flexibility index (Phi) is 6.09. The van der Waals surface area contributed by atoms with Gasteiger partial charge in [0, 0.05) is 13.6 Å². The van der Waals surface area contributed by atoms with E-state index in [2.05, 4.69) is 4.90 Å². The van der Waals surface area contributed by atoms with Crippen LogP contribution in [0.1, 0.15) is 12.0 Å². The maximum absolute atomic E-state index is 13.9. The Balaban J connectivity index is 2.73. The summed E-state index contributed by atoms with van der Waals surface area (Å²) in [6, 6.07) is 5.21. The van der Waals surface area contributed by atoms with Gasteiger partial charge in [-0.1, -0.05) is 12.1 Å². The fourth-order valence-corrected chi connectivity index (χ4v) is 2.08. The molecule has 0 spiro atoms. The van der Waals surface area contributed by atoms with Crippen molar-refractivity contribution in [3.8, 4) is 0 Å². The minimum Gasteiger partial charge on any atom is -0.372 e. The van der Waals surface area contributed by atoms with E-state index in [1.807, 2.05) is 32.1 Å². The monoisotopic (exact) mass is 253 g/mol. The highest BCUT2D eigenvalue weighted by molar-refractivity contribution is 5.54. The highest BCUT2D eigenvalue weighted by Gasteiger charge is 2.12. The lowest BCUT2D eigenvalue weighted by molar-refractivity contribution is 0.401. The quantitative estimate of drug-likeness (QED) is 0.803. The number of nitrogens with two attached hydrogens (primary N) is 1. The first-order chi connectivity index (χ1) is 8.56. The second-order valence-electron chi connectivity index (χ2n) is 4.86. The van der Waals surface area contributed by atoms with Crippen molar-refractivity contribution in [2.24, 2.45) is 5.73 Å². The van der Waals surface area contributed by atoms with Gasteiger partial charge in [-0.05, 0) is 51.7 Å². The summed E-state index contributed by atoms with van der Waals surface area (Å²) < 4.78 is 13.9. The lowest BCUT2D eigenvalue weighted by Gasteiger charge is -2.23. The van der Waals surface area contributed by atoms with Crippen LogP contribution in [0.3, 0.4) is 0 Å². The Morgan fingerprint density at radius 3 is 2.50 bits per heavy atom. The van der Waals surface area contributed by atoms with E-state index in [9.17, 15) is 4.39 Å². The van der Waals surface area contributed by atoms with Crippen LogP contribution >= 0.6 is 0 Å². The Labute approximate surface area is 109 Å². The Bertz CT molecular complexity index is 366. The fraction of sp³-hybridized carbons (Fsp3) is 0.571. The van der Waals surface area contributed by atoms with Gasteiger partial charge >= 0.3 is 0 Å². The third-order valence-electron chi connectivity index (χ3n) is 2.96. The van der Waals surface area contributed by atoms with Gasteiger partial charge in [0.2, 0.25) is 0 Å². The average molecular weight is 253 g/mol. The molecule has 0 radical (unpaired) electrons. The molecule has 0 saturated carbocycles. The number of para-hydroxylation sites is 1. The van der Waals surface area contributed by atoms with Crippen molar-refractivity contribution in [3.05, 3.63) is 29.6 Å². The fourth-order valence-electron chi connectivity index (χ4n) is 2.08. The van der Waals surface area contributed by atoms with Crippen LogP contribution in [0, 0.1) is 5.82 Å². The predicted molar refractivity (Wildman–Crippen MR) is 75.6 cm³/mol. The first-order valence-corrected chi connectivity index (χ1v) is 6.39. The predicted octanol–water partition coefficient (Wildman–Crippen LogP) is 1.71. The van der Waals surface area contributed by atoms with Crippen molar-refractivity contribution in [1.82, 2.24) is 4.90 Å². The summed E-state index contributed by atoms with van der Waals surface area (Å²) in [5.74, 6) is -0.159. The largest absolute Gasteiger partial charge is 0.372 e. The van der Waals surface area contributed by atoms with E-state index in [-0.39, 0.29) is 5.82 Å². The molecule has 1 rings (SSSR count). The van der Waals surface area contributed by atoms with E-state index < -0.39 is 0 Å². The lowest BCUT2D eigenvalue weighted by Crippen LogP contribution is -2.25. The molecule has 0 heterocycles. The van der Waals surface area contributed by atoms with E-state index in [0.717, 1.165) is 25.1 Å². The molecule has 18 heavy (non-hydrogen) atoms. The summed E-state index contributed by atoms with van der Waals surface area (Å²) in [6.07, 6.45) is 1.73. The van der Waals surface area contributed by atoms with Crippen LogP contribution in [0.4, 0.5) is 10.1 Å². The molecule has 1 aromatic rings. The molecule has 3 nitrogen and oxygen atoms in total. The average Bonchev–Trinajstić information content (AvgIpc) is 2.28. The van der Waals surface area contributed by atoms with E-state index in [4.69, 9.17) is 5.73 Å². The maximum Gasteiger partial charge on any atom is 0.146 e. The second kappa shape index (κ2) is 7.34. The number of hydrogen-bond donors (Lipinski definition) is 1. The summed E-state index contributed by atoms with van der Waals surface area (Å²) >= 11 is 0. The van der Waals surface area contributed by atoms with Crippen LogP contribution in [0.2, 0.25) is 0 Å². The Hall–Kier alpha value is -1.13. The summed E-state index contributed by atoms with van der Waals surface area (Å²) in [7, 11) is 6.03. The van der Waals surface area contributed by atoms with Gasteiger partial charge in [0.15, 0.2) is 0 Å². The van der Waals surface area contributed by atoms with Gasteiger partial charge in [0.1, 0.15) is 5.82 Å². The van der Waals surface area contributed by atoms with Crippen molar-refractivity contribution in [3.63, 3.8) is 0 Å². The smallest absolute Gasteiger partial charge is 0.146 e. The molecule has 0 fully saturated rings. The molecule has 2 N–H and O–H groups in total. The van der Waals surface area contributed by atoms with E-state index in [0.29, 0.717) is 18.7 Å². The van der Waals surface area contributed by atoms with Crippen LogP contribution in [-0.2, 0) is 6.42 Å². The van der Waals surface area contributed by atoms with Gasteiger partial charge in [-0.25, -0.2) is 4.39 Å². The third-order valence-corrected chi connectivity index (χ3v) is 2.96. The highest BCUT2D eigenvalue weighted by Crippen LogP contribution is 2.23. The molecule has 0 aliphatic carbocycles. The number of benzene rings is 1. The van der Waals surface area contributed by atoms with Crippen molar-refractivity contribution >= 4 is 5.69 Å². The summed E-state index contributed by atoms with van der Waals surface area (Å²) in [6.45, 7) is 2.39. The van der Waals surface area contributed by atoms with Crippen molar-refractivity contribution < 1.29 is 4.39 Å². The lowest BCUT2D eigenvalue weighted by atomic mass is 10.1. The first-order valence-electron chi connectivity index (χ1n) is 6.39. The van der Waals surface area contributed by atoms with Gasteiger partial charge in [0.05, 0.1) is 5.69 Å². The van der Waals surface area contributed by atoms with Crippen molar-refractivity contribution in [2.45, 2.75) is 12.8 Å². The molecule has 102 valence electrons. The van der Waals surface area contributed by atoms with Gasteiger partial charge in [0.25, 0.3) is 0 Å². The van der Waals surface area contributed by atoms with Crippen molar-refractivity contribution in [1.29, 1.82) is 0 Å². The normalized spacial score (nSPS) is 11.0. The second-order valence-corrected chi connectivity index (χ2v) is 4.86. The van der Waals surface area contributed by atoms with E-state index >= 15 is 0 Å². The molecule has 0 amide bonds. The molecule has 0 saturated heterocycles. The SMILES string of the molecule is CN(C)CCCN(C)c1c(F)cccc1CCN. The van der Waals surface area contributed by atoms with Gasteiger partial charge in [-0.2, -0.15) is 0 Å². The molecular formula is C14H24FN3. The number of anilines is 1. The Morgan fingerprint density at radius 2 is 1.89 bits per heavy atom. The minimum atomic E-state index is -0.159. The highest BCUT2D eigenvalue weighted by atomic mass is 19.1. The van der Waals surface area contributed by atoms with E-state index in [1.165, 1.54) is 6.07 Å². The van der Waals surface area contributed by atoms with Crippen LogP contribution in [-0.4, -0.2) is 45.7 Å². The Morgan fingerprint density at radius 1 is 1.17 bits per heavy atom. The van der Waals surface area contributed by atoms with E-state index in [1.54, 1.807) is 6.07 Å². The van der Waals surface area contributed by atoms with Gasteiger partial charge < -0.3 is 15.5 Å². The molecule has 4 heteroatoms. The third kappa shape index (κ3) is 4.27. The summed E-state index contributed by atoms with van der Waals surface area (Å²) in [5.41, 5.74) is 7.26.